The lowest BCUT2D eigenvalue weighted by atomic mass is 9.92. The average Bonchev–Trinajstić information content (AvgIpc) is 1.98. The van der Waals surface area contributed by atoms with Gasteiger partial charge >= 0.3 is 16.3 Å². The summed E-state index contributed by atoms with van der Waals surface area (Å²) < 4.78 is 29.8. The van der Waals surface area contributed by atoms with Crippen LogP contribution in [-0.4, -0.2) is 32.8 Å². The number of alkyl halides is 1. The van der Waals surface area contributed by atoms with Gasteiger partial charge in [-0.25, -0.2) is 4.79 Å². The van der Waals surface area contributed by atoms with E-state index in [2.05, 4.69) is 24.8 Å². The quantitative estimate of drug-likeness (QED) is 0.441. The van der Waals surface area contributed by atoms with E-state index in [4.69, 9.17) is 0 Å². The summed E-state index contributed by atoms with van der Waals surface area (Å²) in [6, 6.07) is 0. The maximum absolute atomic E-state index is 10.9. The molecule has 0 aromatic carbocycles. The molecule has 0 aromatic rings. The maximum Gasteiger partial charge on any atom is 0.524 e. The van der Waals surface area contributed by atoms with Crippen LogP contribution in [0.4, 0.5) is 4.79 Å². The van der Waals surface area contributed by atoms with Crippen molar-refractivity contribution in [3.05, 3.63) is 0 Å². The average molecular weight is 303 g/mol. The molecule has 15 heavy (non-hydrogen) atoms. The number of halogens is 1. The molecule has 0 fully saturated rings. The number of rotatable bonds is 5. The van der Waals surface area contributed by atoms with Gasteiger partial charge in [-0.3, -0.25) is 0 Å². The first-order chi connectivity index (χ1) is 6.66. The topological polar surface area (TPSA) is 69.7 Å². The Morgan fingerprint density at radius 3 is 2.33 bits per heavy atom. The molecule has 0 aliphatic heterocycles. The van der Waals surface area contributed by atoms with Crippen LogP contribution in [0.5, 0.6) is 0 Å². The van der Waals surface area contributed by atoms with Crippen LogP contribution in [0.3, 0.4) is 0 Å². The van der Waals surface area contributed by atoms with Crippen LogP contribution < -0.4 is 0 Å². The third kappa shape index (κ3) is 8.68. The van der Waals surface area contributed by atoms with Gasteiger partial charge in [0.25, 0.3) is 0 Å². The van der Waals surface area contributed by atoms with Crippen molar-refractivity contribution in [1.82, 2.24) is 0 Å². The Morgan fingerprint density at radius 2 is 1.93 bits per heavy atom. The summed E-state index contributed by atoms with van der Waals surface area (Å²) in [6.07, 6.45) is 0.414. The molecule has 0 spiro atoms. The standard InChI is InChI=1S/C8H15BrO5S/c1-8(2,4-5-9)6-13-7(10)14-15(3,11)12/h4-6H2,1-3H3. The lowest BCUT2D eigenvalue weighted by Crippen LogP contribution is -2.23. The fourth-order valence-electron chi connectivity index (χ4n) is 0.730. The minimum Gasteiger partial charge on any atom is -0.433 e. The molecule has 0 heterocycles. The summed E-state index contributed by atoms with van der Waals surface area (Å²) in [7, 11) is -3.79. The largest absolute Gasteiger partial charge is 0.524 e. The van der Waals surface area contributed by atoms with Gasteiger partial charge in [0.05, 0.1) is 6.26 Å². The molecule has 0 rings (SSSR count). The second-order valence-electron chi connectivity index (χ2n) is 3.93. The highest BCUT2D eigenvalue weighted by Crippen LogP contribution is 2.21. The normalized spacial score (nSPS) is 12.3. The minimum absolute atomic E-state index is 0.118. The van der Waals surface area contributed by atoms with Gasteiger partial charge in [0.15, 0.2) is 0 Å². The molecular formula is C8H15BrO5S. The molecule has 0 bridgehead atoms. The van der Waals surface area contributed by atoms with Crippen molar-refractivity contribution >= 4 is 32.2 Å². The van der Waals surface area contributed by atoms with Gasteiger partial charge in [-0.2, -0.15) is 8.42 Å². The van der Waals surface area contributed by atoms with Gasteiger partial charge in [0.2, 0.25) is 0 Å². The monoisotopic (exact) mass is 302 g/mol. The van der Waals surface area contributed by atoms with E-state index < -0.39 is 16.3 Å². The second kappa shape index (κ2) is 5.69. The maximum atomic E-state index is 10.9. The Kier molecular flexibility index (Phi) is 5.58. The highest BCUT2D eigenvalue weighted by molar-refractivity contribution is 9.09. The molecule has 90 valence electrons. The summed E-state index contributed by atoms with van der Waals surface area (Å²) in [5.41, 5.74) is -0.208. The molecule has 0 saturated heterocycles. The molecule has 0 aliphatic carbocycles. The molecule has 7 heteroatoms. The van der Waals surface area contributed by atoms with Gasteiger partial charge in [-0.1, -0.05) is 29.8 Å². The third-order valence-electron chi connectivity index (χ3n) is 1.57. The molecular weight excluding hydrogens is 288 g/mol. The van der Waals surface area contributed by atoms with Crippen molar-refractivity contribution in [2.75, 3.05) is 18.2 Å². The van der Waals surface area contributed by atoms with Crippen LogP contribution in [0, 0.1) is 5.41 Å². The number of ether oxygens (including phenoxy) is 1. The van der Waals surface area contributed by atoms with Crippen molar-refractivity contribution < 1.29 is 22.1 Å². The van der Waals surface area contributed by atoms with Gasteiger partial charge in [-0.05, 0) is 11.8 Å². The van der Waals surface area contributed by atoms with E-state index in [-0.39, 0.29) is 12.0 Å². The van der Waals surface area contributed by atoms with Crippen LogP contribution in [0.2, 0.25) is 0 Å². The first-order valence-corrected chi connectivity index (χ1v) is 7.22. The SMILES string of the molecule is CC(C)(CCBr)COC(=O)OS(C)(=O)=O. The van der Waals surface area contributed by atoms with Crippen molar-refractivity contribution in [1.29, 1.82) is 0 Å². The van der Waals surface area contributed by atoms with Crippen LogP contribution in [0.15, 0.2) is 0 Å². The van der Waals surface area contributed by atoms with Crippen LogP contribution >= 0.6 is 15.9 Å². The predicted molar refractivity (Wildman–Crippen MR) is 59.5 cm³/mol. The van der Waals surface area contributed by atoms with E-state index in [0.717, 1.165) is 18.0 Å². The Bertz CT molecular complexity index is 309. The molecule has 0 amide bonds. The van der Waals surface area contributed by atoms with Crippen molar-refractivity contribution in [3.8, 4) is 0 Å². The first kappa shape index (κ1) is 14.7. The number of carbonyl (C=O) groups excluding carboxylic acids is 1. The molecule has 0 N–H and O–H groups in total. The highest BCUT2D eigenvalue weighted by Gasteiger charge is 2.21. The third-order valence-corrected chi connectivity index (χ3v) is 2.41. The summed E-state index contributed by atoms with van der Waals surface area (Å²) in [5.74, 6) is 0. The summed E-state index contributed by atoms with van der Waals surface area (Å²) >= 11 is 3.27. The number of hydrogen-bond donors (Lipinski definition) is 0. The molecule has 0 unspecified atom stereocenters. The first-order valence-electron chi connectivity index (χ1n) is 4.28. The lowest BCUT2D eigenvalue weighted by Gasteiger charge is -2.22. The van der Waals surface area contributed by atoms with E-state index in [1.807, 2.05) is 13.8 Å². The zero-order chi connectivity index (χ0) is 12.1. The molecule has 0 aromatic heterocycles. The fourth-order valence-corrected chi connectivity index (χ4v) is 2.10. The zero-order valence-electron chi connectivity index (χ0n) is 8.95. The van der Waals surface area contributed by atoms with E-state index in [9.17, 15) is 13.2 Å². The highest BCUT2D eigenvalue weighted by atomic mass is 79.9. The van der Waals surface area contributed by atoms with Gasteiger partial charge in [0, 0.05) is 5.33 Å². The van der Waals surface area contributed by atoms with E-state index in [0.29, 0.717) is 0 Å². The lowest BCUT2D eigenvalue weighted by molar-refractivity contribution is 0.0643. The Labute approximate surface area is 98.4 Å². The molecule has 0 atom stereocenters. The Morgan fingerprint density at radius 1 is 1.40 bits per heavy atom. The van der Waals surface area contributed by atoms with Crippen LogP contribution in [-0.2, 0) is 19.0 Å². The molecule has 0 radical (unpaired) electrons. The van der Waals surface area contributed by atoms with E-state index >= 15 is 0 Å². The van der Waals surface area contributed by atoms with Crippen molar-refractivity contribution in [3.63, 3.8) is 0 Å². The van der Waals surface area contributed by atoms with Crippen molar-refractivity contribution in [2.45, 2.75) is 20.3 Å². The van der Waals surface area contributed by atoms with Gasteiger partial charge in [-0.15, -0.1) is 0 Å². The van der Waals surface area contributed by atoms with E-state index in [1.165, 1.54) is 0 Å². The minimum atomic E-state index is -3.79. The zero-order valence-corrected chi connectivity index (χ0v) is 11.4. The number of hydrogen-bond acceptors (Lipinski definition) is 5. The summed E-state index contributed by atoms with van der Waals surface area (Å²) in [5, 5.41) is 0.782. The second-order valence-corrected chi connectivity index (χ2v) is 6.30. The Balaban J connectivity index is 4.01. The van der Waals surface area contributed by atoms with Crippen LogP contribution in [0.1, 0.15) is 20.3 Å². The van der Waals surface area contributed by atoms with Gasteiger partial charge < -0.3 is 8.92 Å². The smallest absolute Gasteiger partial charge is 0.433 e. The summed E-state index contributed by atoms with van der Waals surface area (Å²) in [4.78, 5) is 10.9. The summed E-state index contributed by atoms with van der Waals surface area (Å²) in [6.45, 7) is 3.93. The number of carbonyl (C=O) groups is 1. The molecule has 5 nitrogen and oxygen atoms in total. The molecule has 0 aliphatic rings. The van der Waals surface area contributed by atoms with Gasteiger partial charge in [0.1, 0.15) is 6.61 Å². The fraction of sp³-hybridized carbons (Fsp3) is 0.875. The predicted octanol–water partition coefficient (Wildman–Crippen LogP) is 1.91. The Hall–Kier alpha value is -0.300. The van der Waals surface area contributed by atoms with E-state index in [1.54, 1.807) is 0 Å². The molecule has 0 saturated carbocycles. The van der Waals surface area contributed by atoms with Crippen molar-refractivity contribution in [2.24, 2.45) is 5.41 Å². The van der Waals surface area contributed by atoms with Crippen LogP contribution in [0.25, 0.3) is 0 Å².